The number of nitrogens with zero attached hydrogens (tertiary/aromatic N) is 1. The van der Waals surface area contributed by atoms with E-state index in [1.54, 1.807) is 18.2 Å². The second kappa shape index (κ2) is 4.89. The summed E-state index contributed by atoms with van der Waals surface area (Å²) in [4.78, 5) is 14.0. The van der Waals surface area contributed by atoms with Crippen LogP contribution in [0.25, 0.3) is 0 Å². The predicted molar refractivity (Wildman–Crippen MR) is 69.0 cm³/mol. The maximum Gasteiger partial charge on any atom is 0.307 e. The molecule has 18 heavy (non-hydrogen) atoms. The van der Waals surface area contributed by atoms with Crippen LogP contribution in [0.5, 0.6) is 0 Å². The molecule has 1 saturated heterocycles. The third-order valence-corrected chi connectivity index (χ3v) is 4.69. The number of carbonyl (C=O) groups excluding carboxylic acids is 1. The van der Waals surface area contributed by atoms with Crippen molar-refractivity contribution in [2.75, 3.05) is 17.7 Å². The summed E-state index contributed by atoms with van der Waals surface area (Å²) in [6.45, 7) is -0.116. The van der Waals surface area contributed by atoms with Crippen LogP contribution in [0.3, 0.4) is 0 Å². The lowest BCUT2D eigenvalue weighted by molar-refractivity contribution is -0.117. The third kappa shape index (κ3) is 2.67. The zero-order valence-corrected chi connectivity index (χ0v) is 11.3. The first-order valence-electron chi connectivity index (χ1n) is 5.29. The average Bonchev–Trinajstić information content (AvgIpc) is 2.71. The molecule has 7 heteroatoms. The van der Waals surface area contributed by atoms with E-state index < -0.39 is 15.5 Å². The fraction of sp³-hybridized carbons (Fsp3) is 0.364. The van der Waals surface area contributed by atoms with Gasteiger partial charge in [0.2, 0.25) is 5.91 Å². The van der Waals surface area contributed by atoms with Gasteiger partial charge in [0.15, 0.2) is 0 Å². The summed E-state index contributed by atoms with van der Waals surface area (Å²) in [5.41, 5.74) is 0.609. The van der Waals surface area contributed by atoms with Crippen LogP contribution in [0.4, 0.5) is 9.57 Å². The van der Waals surface area contributed by atoms with Gasteiger partial charge in [-0.1, -0.05) is 6.07 Å². The van der Waals surface area contributed by atoms with Crippen molar-refractivity contribution in [3.63, 3.8) is 0 Å². The first kappa shape index (κ1) is 13.4. The Morgan fingerprint density at radius 2 is 2.17 bits per heavy atom. The minimum Gasteiger partial charge on any atom is -0.311 e. The molecule has 1 atom stereocenters. The second-order valence-electron chi connectivity index (χ2n) is 4.01. The molecule has 1 aromatic carbocycles. The van der Waals surface area contributed by atoms with E-state index in [0.29, 0.717) is 5.69 Å². The van der Waals surface area contributed by atoms with E-state index in [-0.39, 0.29) is 18.9 Å². The minimum atomic E-state index is -4.66. The quantitative estimate of drug-likeness (QED) is 0.629. The van der Waals surface area contributed by atoms with E-state index in [0.717, 1.165) is 4.90 Å². The first-order valence-corrected chi connectivity index (χ1v) is 7.97. The van der Waals surface area contributed by atoms with Crippen molar-refractivity contribution >= 4 is 33.6 Å². The molecule has 1 aromatic rings. The largest absolute Gasteiger partial charge is 0.311 e. The van der Waals surface area contributed by atoms with Gasteiger partial charge in [0.1, 0.15) is 5.25 Å². The monoisotopic (exact) mass is 289 g/mol. The van der Waals surface area contributed by atoms with Crippen molar-refractivity contribution in [3.05, 3.63) is 24.3 Å². The molecule has 0 bridgehead atoms. The summed E-state index contributed by atoms with van der Waals surface area (Å²) < 4.78 is 34.5. The van der Waals surface area contributed by atoms with Crippen LogP contribution >= 0.6 is 11.8 Å². The highest BCUT2D eigenvalue weighted by Gasteiger charge is 2.39. The van der Waals surface area contributed by atoms with Crippen molar-refractivity contribution in [1.29, 1.82) is 0 Å². The Bertz CT molecular complexity index is 573. The van der Waals surface area contributed by atoms with Gasteiger partial charge < -0.3 is 4.90 Å². The summed E-state index contributed by atoms with van der Waals surface area (Å²) in [6, 6.07) is 7.17. The predicted octanol–water partition coefficient (Wildman–Crippen LogP) is 1.81. The molecule has 1 heterocycles. The molecule has 2 rings (SSSR count). The number of hydrogen-bond donors (Lipinski definition) is 0. The van der Waals surface area contributed by atoms with E-state index in [1.807, 2.05) is 12.3 Å². The molecule has 0 spiro atoms. The van der Waals surface area contributed by atoms with Crippen molar-refractivity contribution < 1.29 is 17.1 Å². The van der Waals surface area contributed by atoms with Crippen molar-refractivity contribution in [1.82, 2.24) is 0 Å². The minimum absolute atomic E-state index is 0.116. The van der Waals surface area contributed by atoms with Gasteiger partial charge in [0, 0.05) is 23.5 Å². The molecular formula is C11H12FNO3S2. The maximum atomic E-state index is 12.9. The van der Waals surface area contributed by atoms with Crippen molar-refractivity contribution in [3.8, 4) is 0 Å². The van der Waals surface area contributed by atoms with Crippen LogP contribution in [0.1, 0.15) is 6.42 Å². The molecule has 1 aliphatic rings. The van der Waals surface area contributed by atoms with Crippen molar-refractivity contribution in [2.45, 2.75) is 16.6 Å². The van der Waals surface area contributed by atoms with Gasteiger partial charge >= 0.3 is 10.2 Å². The molecular weight excluding hydrogens is 277 g/mol. The average molecular weight is 289 g/mol. The van der Waals surface area contributed by atoms with Crippen LogP contribution in [0.2, 0.25) is 0 Å². The summed E-state index contributed by atoms with van der Waals surface area (Å²) in [5, 5.41) is -1.25. The van der Waals surface area contributed by atoms with Crippen LogP contribution < -0.4 is 4.90 Å². The highest BCUT2D eigenvalue weighted by molar-refractivity contribution is 7.98. The summed E-state index contributed by atoms with van der Waals surface area (Å²) >= 11 is 1.52. The fourth-order valence-corrected chi connectivity index (χ4v) is 3.01. The molecule has 4 nitrogen and oxygen atoms in total. The van der Waals surface area contributed by atoms with Gasteiger partial charge in [-0.05, 0) is 24.5 Å². The van der Waals surface area contributed by atoms with Gasteiger partial charge in [-0.25, -0.2) is 0 Å². The van der Waals surface area contributed by atoms with Gasteiger partial charge in [0.25, 0.3) is 0 Å². The molecule has 0 aliphatic carbocycles. The fourth-order valence-electron chi connectivity index (χ4n) is 1.89. The van der Waals surface area contributed by atoms with E-state index in [4.69, 9.17) is 0 Å². The van der Waals surface area contributed by atoms with Gasteiger partial charge in [-0.3, -0.25) is 4.79 Å². The smallest absolute Gasteiger partial charge is 0.307 e. The second-order valence-corrected chi connectivity index (χ2v) is 6.50. The lowest BCUT2D eigenvalue weighted by Gasteiger charge is -2.16. The van der Waals surface area contributed by atoms with Crippen LogP contribution in [-0.2, 0) is 15.0 Å². The highest BCUT2D eigenvalue weighted by atomic mass is 32.3. The topological polar surface area (TPSA) is 54.5 Å². The van der Waals surface area contributed by atoms with E-state index in [1.165, 1.54) is 16.7 Å². The number of carbonyl (C=O) groups is 1. The van der Waals surface area contributed by atoms with Gasteiger partial charge in [-0.15, -0.1) is 15.6 Å². The SMILES string of the molecule is CSc1cccc(N2CC(S(=O)(=O)F)CC2=O)c1. The molecule has 1 aliphatic heterocycles. The molecule has 1 unspecified atom stereocenters. The van der Waals surface area contributed by atoms with Gasteiger partial charge in [0.05, 0.1) is 0 Å². The van der Waals surface area contributed by atoms with E-state index >= 15 is 0 Å². The van der Waals surface area contributed by atoms with Gasteiger partial charge in [-0.2, -0.15) is 8.42 Å². The standard InChI is InChI=1S/C11H12FNO3S2/c1-17-9-4-2-3-8(5-9)13-7-10(6-11(13)14)18(12,15)16/h2-5,10H,6-7H2,1H3. The van der Waals surface area contributed by atoms with E-state index in [9.17, 15) is 17.1 Å². The van der Waals surface area contributed by atoms with E-state index in [2.05, 4.69) is 0 Å². The summed E-state index contributed by atoms with van der Waals surface area (Å²) in [6.07, 6.45) is 1.61. The number of thioether (sulfide) groups is 1. The number of amides is 1. The first-order chi connectivity index (χ1) is 8.41. The van der Waals surface area contributed by atoms with Crippen LogP contribution in [-0.4, -0.2) is 32.4 Å². The Morgan fingerprint density at radius 3 is 2.72 bits per heavy atom. The number of anilines is 1. The summed E-state index contributed by atoms with van der Waals surface area (Å²) in [7, 11) is -4.66. The molecule has 0 aromatic heterocycles. The maximum absolute atomic E-state index is 12.9. The molecule has 0 saturated carbocycles. The number of hydrogen-bond acceptors (Lipinski definition) is 4. The number of rotatable bonds is 3. The zero-order valence-electron chi connectivity index (χ0n) is 9.67. The number of benzene rings is 1. The lowest BCUT2D eigenvalue weighted by atomic mass is 10.3. The zero-order chi connectivity index (χ0) is 13.3. The highest BCUT2D eigenvalue weighted by Crippen LogP contribution is 2.28. The molecule has 0 radical (unpaired) electrons. The Balaban J connectivity index is 2.27. The molecule has 0 N–H and O–H groups in total. The normalized spacial score (nSPS) is 20.4. The van der Waals surface area contributed by atoms with Crippen LogP contribution in [0.15, 0.2) is 29.2 Å². The molecule has 1 fully saturated rings. The summed E-state index contributed by atoms with van der Waals surface area (Å²) in [5.74, 6) is -0.362. The lowest BCUT2D eigenvalue weighted by Crippen LogP contribution is -2.26. The Kier molecular flexibility index (Phi) is 3.63. The third-order valence-electron chi connectivity index (χ3n) is 2.85. The Hall–Kier alpha value is -1.08. The molecule has 1 amide bonds. The Morgan fingerprint density at radius 1 is 1.44 bits per heavy atom. The van der Waals surface area contributed by atoms with Crippen LogP contribution in [0, 0.1) is 0 Å². The Labute approximate surface area is 109 Å². The number of halogens is 1. The van der Waals surface area contributed by atoms with Crippen molar-refractivity contribution in [2.24, 2.45) is 0 Å². The molecule has 98 valence electrons.